The molecule has 0 unspecified atom stereocenters. The fraction of sp³-hybridized carbons (Fsp3) is 0.556. The molecule has 0 fully saturated rings. The minimum absolute atomic E-state index is 0.355. The molecule has 1 aromatic heterocycles. The Morgan fingerprint density at radius 2 is 2.38 bits per heavy atom. The summed E-state index contributed by atoms with van der Waals surface area (Å²) in [7, 11) is 0. The summed E-state index contributed by atoms with van der Waals surface area (Å²) in [5.41, 5.74) is 0.415. The standard InChI is InChI=1S/C9H14N2O2/c1-3-4-5-13-8-6-7(2)10-9(12)11-8/h6H,3-5H2,1-2H3,(H,10,11,12). The van der Waals surface area contributed by atoms with Crippen LogP contribution in [0, 0.1) is 6.92 Å². The lowest BCUT2D eigenvalue weighted by molar-refractivity contribution is 0.296. The Labute approximate surface area is 77.0 Å². The van der Waals surface area contributed by atoms with Gasteiger partial charge < -0.3 is 9.72 Å². The lowest BCUT2D eigenvalue weighted by Gasteiger charge is -2.03. The van der Waals surface area contributed by atoms with Gasteiger partial charge in [-0.2, -0.15) is 4.98 Å². The molecule has 0 aliphatic heterocycles. The first-order valence-electron chi connectivity index (χ1n) is 4.43. The van der Waals surface area contributed by atoms with Crippen LogP contribution in [0.2, 0.25) is 0 Å². The van der Waals surface area contributed by atoms with Crippen LogP contribution >= 0.6 is 0 Å². The highest BCUT2D eigenvalue weighted by Gasteiger charge is 1.97. The number of aromatic nitrogens is 2. The van der Waals surface area contributed by atoms with Gasteiger partial charge in [-0.3, -0.25) is 0 Å². The molecule has 72 valence electrons. The van der Waals surface area contributed by atoms with E-state index in [1.54, 1.807) is 13.0 Å². The van der Waals surface area contributed by atoms with E-state index in [-0.39, 0.29) is 5.69 Å². The van der Waals surface area contributed by atoms with E-state index in [4.69, 9.17) is 4.74 Å². The molecular formula is C9H14N2O2. The van der Waals surface area contributed by atoms with Gasteiger partial charge in [-0.15, -0.1) is 0 Å². The summed E-state index contributed by atoms with van der Waals surface area (Å²) in [5, 5.41) is 0. The maximum Gasteiger partial charge on any atom is 0.348 e. The quantitative estimate of drug-likeness (QED) is 0.713. The van der Waals surface area contributed by atoms with Crippen LogP contribution in [0.5, 0.6) is 5.88 Å². The number of aryl methyl sites for hydroxylation is 1. The highest BCUT2D eigenvalue weighted by atomic mass is 16.5. The van der Waals surface area contributed by atoms with E-state index in [1.165, 1.54) is 0 Å². The molecule has 0 amide bonds. The molecule has 1 heterocycles. The molecule has 1 rings (SSSR count). The van der Waals surface area contributed by atoms with Crippen molar-refractivity contribution in [1.29, 1.82) is 0 Å². The lowest BCUT2D eigenvalue weighted by Crippen LogP contribution is -2.13. The van der Waals surface area contributed by atoms with E-state index < -0.39 is 0 Å². The summed E-state index contributed by atoms with van der Waals surface area (Å²) in [4.78, 5) is 17.1. The van der Waals surface area contributed by atoms with Gasteiger partial charge in [-0.25, -0.2) is 4.79 Å². The second-order valence-corrected chi connectivity index (χ2v) is 2.91. The zero-order valence-corrected chi connectivity index (χ0v) is 7.96. The predicted octanol–water partition coefficient (Wildman–Crippen LogP) is 1.26. The number of nitrogens with one attached hydrogen (secondary N) is 1. The molecule has 4 nitrogen and oxygen atoms in total. The summed E-state index contributed by atoms with van der Waals surface area (Å²) in [6.07, 6.45) is 2.05. The number of nitrogens with zero attached hydrogens (tertiary/aromatic N) is 1. The number of hydrogen-bond acceptors (Lipinski definition) is 3. The average Bonchev–Trinajstić information content (AvgIpc) is 2.03. The van der Waals surface area contributed by atoms with Gasteiger partial charge in [0, 0.05) is 11.8 Å². The molecule has 4 heteroatoms. The van der Waals surface area contributed by atoms with Crippen molar-refractivity contribution in [3.63, 3.8) is 0 Å². The van der Waals surface area contributed by atoms with Crippen LogP contribution in [0.3, 0.4) is 0 Å². The Morgan fingerprint density at radius 3 is 3.00 bits per heavy atom. The van der Waals surface area contributed by atoms with Crippen LogP contribution in [-0.2, 0) is 0 Å². The van der Waals surface area contributed by atoms with Gasteiger partial charge in [0.1, 0.15) is 0 Å². The molecular weight excluding hydrogens is 168 g/mol. The smallest absolute Gasteiger partial charge is 0.348 e. The Morgan fingerprint density at radius 1 is 1.62 bits per heavy atom. The van der Waals surface area contributed by atoms with Crippen molar-refractivity contribution < 1.29 is 4.74 Å². The topological polar surface area (TPSA) is 55.0 Å². The minimum Gasteiger partial charge on any atom is -0.478 e. The Balaban J connectivity index is 2.61. The highest BCUT2D eigenvalue weighted by Crippen LogP contribution is 2.04. The SMILES string of the molecule is CCCCOc1cc(C)[nH]c(=O)n1. The van der Waals surface area contributed by atoms with Crippen LogP contribution in [0.25, 0.3) is 0 Å². The Bertz CT molecular complexity index is 320. The number of unbranched alkanes of at least 4 members (excludes halogenated alkanes) is 1. The first-order valence-corrected chi connectivity index (χ1v) is 4.43. The van der Waals surface area contributed by atoms with Crippen molar-refractivity contribution >= 4 is 0 Å². The van der Waals surface area contributed by atoms with E-state index in [2.05, 4.69) is 16.9 Å². The normalized spacial score (nSPS) is 10.0. The summed E-state index contributed by atoms with van der Waals surface area (Å²) < 4.78 is 5.28. The molecule has 0 saturated carbocycles. The van der Waals surface area contributed by atoms with Gasteiger partial charge in [0.05, 0.1) is 6.61 Å². The predicted molar refractivity (Wildman–Crippen MR) is 50.0 cm³/mol. The monoisotopic (exact) mass is 182 g/mol. The van der Waals surface area contributed by atoms with Gasteiger partial charge in [-0.1, -0.05) is 13.3 Å². The Hall–Kier alpha value is -1.32. The number of hydrogen-bond donors (Lipinski definition) is 1. The largest absolute Gasteiger partial charge is 0.478 e. The van der Waals surface area contributed by atoms with Gasteiger partial charge in [-0.05, 0) is 13.3 Å². The first-order chi connectivity index (χ1) is 6.22. The van der Waals surface area contributed by atoms with Crippen molar-refractivity contribution in [1.82, 2.24) is 9.97 Å². The fourth-order valence-corrected chi connectivity index (χ4v) is 0.945. The van der Waals surface area contributed by atoms with Crippen molar-refractivity contribution in [3.8, 4) is 5.88 Å². The van der Waals surface area contributed by atoms with Crippen molar-refractivity contribution in [2.45, 2.75) is 26.7 Å². The molecule has 0 radical (unpaired) electrons. The third-order valence-corrected chi connectivity index (χ3v) is 1.60. The van der Waals surface area contributed by atoms with Gasteiger partial charge in [0.15, 0.2) is 0 Å². The highest BCUT2D eigenvalue weighted by molar-refractivity contribution is 5.11. The zero-order chi connectivity index (χ0) is 9.68. The van der Waals surface area contributed by atoms with Crippen LogP contribution < -0.4 is 10.4 Å². The maximum absolute atomic E-state index is 10.9. The molecule has 0 aromatic carbocycles. The van der Waals surface area contributed by atoms with Crippen LogP contribution in [0.15, 0.2) is 10.9 Å². The second-order valence-electron chi connectivity index (χ2n) is 2.91. The van der Waals surface area contributed by atoms with Crippen LogP contribution in [0.4, 0.5) is 0 Å². The Kier molecular flexibility index (Phi) is 3.49. The number of aromatic amines is 1. The minimum atomic E-state index is -0.355. The summed E-state index contributed by atoms with van der Waals surface area (Å²) in [6.45, 7) is 4.50. The van der Waals surface area contributed by atoms with Crippen molar-refractivity contribution in [2.75, 3.05) is 6.61 Å². The summed E-state index contributed by atoms with van der Waals surface area (Å²) in [5.74, 6) is 0.412. The first kappa shape index (κ1) is 9.77. The third kappa shape index (κ3) is 3.27. The summed E-state index contributed by atoms with van der Waals surface area (Å²) in [6, 6.07) is 1.72. The van der Waals surface area contributed by atoms with Crippen molar-refractivity contribution in [3.05, 3.63) is 22.2 Å². The van der Waals surface area contributed by atoms with Gasteiger partial charge in [0.2, 0.25) is 5.88 Å². The molecule has 13 heavy (non-hydrogen) atoms. The number of ether oxygens (including phenoxy) is 1. The molecule has 0 aliphatic rings. The lowest BCUT2D eigenvalue weighted by atomic mass is 10.4. The van der Waals surface area contributed by atoms with Gasteiger partial charge >= 0.3 is 5.69 Å². The molecule has 0 saturated heterocycles. The van der Waals surface area contributed by atoms with E-state index in [9.17, 15) is 4.79 Å². The third-order valence-electron chi connectivity index (χ3n) is 1.60. The van der Waals surface area contributed by atoms with E-state index in [0.29, 0.717) is 12.5 Å². The fourth-order valence-electron chi connectivity index (χ4n) is 0.945. The molecule has 0 aliphatic carbocycles. The van der Waals surface area contributed by atoms with E-state index in [1.807, 2.05) is 0 Å². The number of rotatable bonds is 4. The number of H-pyrrole nitrogens is 1. The second kappa shape index (κ2) is 4.64. The van der Waals surface area contributed by atoms with E-state index >= 15 is 0 Å². The zero-order valence-electron chi connectivity index (χ0n) is 7.96. The molecule has 0 spiro atoms. The van der Waals surface area contributed by atoms with E-state index in [0.717, 1.165) is 18.5 Å². The van der Waals surface area contributed by atoms with Crippen molar-refractivity contribution in [2.24, 2.45) is 0 Å². The van der Waals surface area contributed by atoms with Gasteiger partial charge in [0.25, 0.3) is 0 Å². The summed E-state index contributed by atoms with van der Waals surface area (Å²) >= 11 is 0. The molecule has 0 atom stereocenters. The molecule has 1 N–H and O–H groups in total. The average molecular weight is 182 g/mol. The van der Waals surface area contributed by atoms with Crippen LogP contribution in [-0.4, -0.2) is 16.6 Å². The maximum atomic E-state index is 10.9. The molecule has 1 aromatic rings. The van der Waals surface area contributed by atoms with Crippen LogP contribution in [0.1, 0.15) is 25.5 Å². The molecule has 0 bridgehead atoms.